The van der Waals surface area contributed by atoms with Gasteiger partial charge in [-0.25, -0.2) is 0 Å². The molecule has 0 spiro atoms. The first-order valence-electron chi connectivity index (χ1n) is 2.51. The molecule has 42 valence electrons. The number of thiol groups is 1. The molecule has 0 nitrogen and oxygen atoms in total. The Kier molecular flexibility index (Phi) is 4.31. The van der Waals surface area contributed by atoms with E-state index in [9.17, 15) is 0 Å². The van der Waals surface area contributed by atoms with Gasteiger partial charge in [-0.3, -0.25) is 0 Å². The number of hydrogen-bond donors (Lipinski definition) is 1. The molecule has 0 aromatic rings. The molecule has 0 aliphatic rings. The minimum absolute atomic E-state index is 0.963. The first kappa shape index (κ1) is 7.09. The first-order valence-corrected chi connectivity index (χ1v) is 3.15. The van der Waals surface area contributed by atoms with E-state index >= 15 is 0 Å². The molecule has 0 aliphatic carbocycles. The van der Waals surface area contributed by atoms with Crippen molar-refractivity contribution in [2.24, 2.45) is 0 Å². The van der Waals surface area contributed by atoms with Gasteiger partial charge in [0.15, 0.2) is 0 Å². The number of hydrogen-bond acceptors (Lipinski definition) is 1. The fourth-order valence-corrected chi connectivity index (χ4v) is 0.482. The monoisotopic (exact) mass is 116 g/mol. The van der Waals surface area contributed by atoms with Gasteiger partial charge in [-0.05, 0) is 26.0 Å². The molecule has 0 heterocycles. The molecule has 0 unspecified atom stereocenters. The lowest BCUT2D eigenvalue weighted by molar-refractivity contribution is 1.20. The van der Waals surface area contributed by atoms with Crippen LogP contribution < -0.4 is 0 Å². The molecule has 0 radical (unpaired) electrons. The van der Waals surface area contributed by atoms with Crippen LogP contribution in [-0.2, 0) is 0 Å². The summed E-state index contributed by atoms with van der Waals surface area (Å²) < 4.78 is 0. The van der Waals surface area contributed by atoms with Crippen LogP contribution in [0.3, 0.4) is 0 Å². The maximum Gasteiger partial charge on any atom is -0.00632 e. The molecular formula is C6H12S. The zero-order chi connectivity index (χ0) is 5.70. The third-order valence-corrected chi connectivity index (χ3v) is 0.940. The zero-order valence-corrected chi connectivity index (χ0v) is 5.83. The Hall–Kier alpha value is 0.0900. The van der Waals surface area contributed by atoms with Crippen molar-refractivity contribution >= 4 is 12.6 Å². The SMILES string of the molecule is CC(C)=CCCS. The molecule has 0 aliphatic heterocycles. The second-order valence-electron chi connectivity index (χ2n) is 1.79. The smallest absolute Gasteiger partial charge is 0.00632 e. The van der Waals surface area contributed by atoms with Crippen LogP contribution in [0.2, 0.25) is 0 Å². The van der Waals surface area contributed by atoms with E-state index in [1.807, 2.05) is 0 Å². The van der Waals surface area contributed by atoms with Crippen LogP contribution in [0.4, 0.5) is 0 Å². The summed E-state index contributed by atoms with van der Waals surface area (Å²) in [5, 5.41) is 0. The summed E-state index contributed by atoms with van der Waals surface area (Å²) in [6.07, 6.45) is 3.29. The van der Waals surface area contributed by atoms with Crippen LogP contribution >= 0.6 is 12.6 Å². The van der Waals surface area contributed by atoms with Crippen molar-refractivity contribution in [2.45, 2.75) is 20.3 Å². The Morgan fingerprint density at radius 3 is 2.29 bits per heavy atom. The topological polar surface area (TPSA) is 0 Å². The average molecular weight is 116 g/mol. The van der Waals surface area contributed by atoms with E-state index in [-0.39, 0.29) is 0 Å². The molecular weight excluding hydrogens is 104 g/mol. The predicted molar refractivity (Wildman–Crippen MR) is 37.9 cm³/mol. The largest absolute Gasteiger partial charge is 0.179 e. The summed E-state index contributed by atoms with van der Waals surface area (Å²) in [7, 11) is 0. The maximum absolute atomic E-state index is 4.05. The lowest BCUT2D eigenvalue weighted by atomic mass is 10.3. The van der Waals surface area contributed by atoms with Crippen LogP contribution in [-0.4, -0.2) is 5.75 Å². The van der Waals surface area contributed by atoms with Crippen molar-refractivity contribution < 1.29 is 0 Å². The Labute approximate surface area is 51.0 Å². The number of allylic oxidation sites excluding steroid dienone is 2. The highest BCUT2D eigenvalue weighted by Crippen LogP contribution is 1.92. The second-order valence-corrected chi connectivity index (χ2v) is 2.24. The van der Waals surface area contributed by atoms with E-state index in [1.165, 1.54) is 5.57 Å². The van der Waals surface area contributed by atoms with E-state index in [0.29, 0.717) is 0 Å². The van der Waals surface area contributed by atoms with Crippen molar-refractivity contribution in [1.29, 1.82) is 0 Å². The third-order valence-electron chi connectivity index (χ3n) is 0.682. The highest BCUT2D eigenvalue weighted by molar-refractivity contribution is 7.80. The molecule has 0 bridgehead atoms. The summed E-state index contributed by atoms with van der Waals surface area (Å²) in [6, 6.07) is 0. The second kappa shape index (κ2) is 4.25. The van der Waals surface area contributed by atoms with Crippen molar-refractivity contribution in [2.75, 3.05) is 5.75 Å². The Bertz CT molecular complexity index is 60.6. The van der Waals surface area contributed by atoms with Gasteiger partial charge in [0.25, 0.3) is 0 Å². The van der Waals surface area contributed by atoms with Crippen molar-refractivity contribution in [3.63, 3.8) is 0 Å². The minimum atomic E-state index is 0.963. The molecule has 0 saturated heterocycles. The van der Waals surface area contributed by atoms with E-state index in [1.54, 1.807) is 0 Å². The van der Waals surface area contributed by atoms with Gasteiger partial charge in [-0.15, -0.1) is 0 Å². The molecule has 0 rings (SSSR count). The molecule has 0 saturated carbocycles. The standard InChI is InChI=1S/C6H12S/c1-6(2)4-3-5-7/h4,7H,3,5H2,1-2H3. The predicted octanol–water partition coefficient (Wildman–Crippen LogP) is 2.27. The molecule has 0 fully saturated rings. The molecule has 0 amide bonds. The first-order chi connectivity index (χ1) is 3.27. The van der Waals surface area contributed by atoms with Crippen LogP contribution in [0, 0.1) is 0 Å². The van der Waals surface area contributed by atoms with Gasteiger partial charge in [-0.2, -0.15) is 12.6 Å². The Morgan fingerprint density at radius 1 is 1.57 bits per heavy atom. The highest BCUT2D eigenvalue weighted by atomic mass is 32.1. The van der Waals surface area contributed by atoms with E-state index in [2.05, 4.69) is 32.6 Å². The van der Waals surface area contributed by atoms with Gasteiger partial charge in [-0.1, -0.05) is 11.6 Å². The molecule has 7 heavy (non-hydrogen) atoms. The van der Waals surface area contributed by atoms with Gasteiger partial charge < -0.3 is 0 Å². The van der Waals surface area contributed by atoms with Gasteiger partial charge in [0.1, 0.15) is 0 Å². The Morgan fingerprint density at radius 2 is 2.14 bits per heavy atom. The molecule has 1 heteroatoms. The van der Waals surface area contributed by atoms with Crippen molar-refractivity contribution in [1.82, 2.24) is 0 Å². The zero-order valence-electron chi connectivity index (χ0n) is 4.94. The molecule has 0 aromatic heterocycles. The fourth-order valence-electron chi connectivity index (χ4n) is 0.353. The molecule has 0 N–H and O–H groups in total. The van der Waals surface area contributed by atoms with Crippen LogP contribution in [0.5, 0.6) is 0 Å². The van der Waals surface area contributed by atoms with Gasteiger partial charge in [0, 0.05) is 0 Å². The van der Waals surface area contributed by atoms with E-state index in [4.69, 9.17) is 0 Å². The van der Waals surface area contributed by atoms with Gasteiger partial charge in [0.05, 0.1) is 0 Å². The summed E-state index contributed by atoms with van der Waals surface area (Å²) in [5.41, 5.74) is 1.38. The van der Waals surface area contributed by atoms with Gasteiger partial charge >= 0.3 is 0 Å². The number of rotatable bonds is 2. The minimum Gasteiger partial charge on any atom is -0.179 e. The summed E-state index contributed by atoms with van der Waals surface area (Å²) in [5.74, 6) is 0.963. The highest BCUT2D eigenvalue weighted by Gasteiger charge is 1.73. The lowest BCUT2D eigenvalue weighted by Gasteiger charge is -1.84. The fraction of sp³-hybridized carbons (Fsp3) is 0.667. The Balaban J connectivity index is 3.08. The van der Waals surface area contributed by atoms with Crippen LogP contribution in [0.1, 0.15) is 20.3 Å². The van der Waals surface area contributed by atoms with Crippen LogP contribution in [0.15, 0.2) is 11.6 Å². The average Bonchev–Trinajstić information content (AvgIpc) is 1.61. The normalized spacial score (nSPS) is 8.43. The summed E-state index contributed by atoms with van der Waals surface area (Å²) in [6.45, 7) is 4.20. The molecule has 0 atom stereocenters. The van der Waals surface area contributed by atoms with Crippen LogP contribution in [0.25, 0.3) is 0 Å². The van der Waals surface area contributed by atoms with Gasteiger partial charge in [0.2, 0.25) is 0 Å². The summed E-state index contributed by atoms with van der Waals surface area (Å²) >= 11 is 4.05. The lowest BCUT2D eigenvalue weighted by Crippen LogP contribution is -1.68. The summed E-state index contributed by atoms with van der Waals surface area (Å²) in [4.78, 5) is 0. The van der Waals surface area contributed by atoms with Crippen molar-refractivity contribution in [3.05, 3.63) is 11.6 Å². The van der Waals surface area contributed by atoms with E-state index < -0.39 is 0 Å². The maximum atomic E-state index is 4.05. The van der Waals surface area contributed by atoms with E-state index in [0.717, 1.165) is 12.2 Å². The molecule has 0 aromatic carbocycles. The van der Waals surface area contributed by atoms with Crippen molar-refractivity contribution in [3.8, 4) is 0 Å². The quantitative estimate of drug-likeness (QED) is 0.415. The third kappa shape index (κ3) is 6.09.